The number of rotatable bonds is 3. The third kappa shape index (κ3) is 2.44. The number of Topliss-reactive ketones (excluding diaryl/α,β-unsaturated/α-hetero) is 1. The van der Waals surface area contributed by atoms with Gasteiger partial charge in [-0.1, -0.05) is 30.3 Å². The van der Waals surface area contributed by atoms with Crippen LogP contribution in [0.4, 0.5) is 0 Å². The van der Waals surface area contributed by atoms with Crippen LogP contribution in [0.3, 0.4) is 0 Å². The van der Waals surface area contributed by atoms with E-state index in [9.17, 15) is 4.79 Å². The lowest BCUT2D eigenvalue weighted by atomic mass is 10.0. The maximum atomic E-state index is 11.2. The minimum atomic E-state index is 0.00745. The normalized spacial score (nSPS) is 11.1. The van der Waals surface area contributed by atoms with Gasteiger partial charge in [-0.3, -0.25) is 4.79 Å². The standard InChI is InChI=1S/C11H12O2/c1-9(12)11(8-13-2)10-6-4-3-5-7-10/h3-8H,1-2H3/b11-8+. The van der Waals surface area contributed by atoms with Crippen molar-refractivity contribution in [2.45, 2.75) is 6.92 Å². The number of ketones is 1. The third-order valence-electron chi connectivity index (χ3n) is 1.70. The van der Waals surface area contributed by atoms with Crippen LogP contribution in [-0.2, 0) is 9.53 Å². The number of hydrogen-bond acceptors (Lipinski definition) is 2. The molecular formula is C11H12O2. The summed E-state index contributed by atoms with van der Waals surface area (Å²) in [5, 5.41) is 0. The van der Waals surface area contributed by atoms with E-state index in [1.54, 1.807) is 0 Å². The van der Waals surface area contributed by atoms with Crippen LogP contribution in [-0.4, -0.2) is 12.9 Å². The number of hydrogen-bond donors (Lipinski definition) is 0. The Bertz CT molecular complexity index is 312. The quantitative estimate of drug-likeness (QED) is 0.521. The number of ether oxygens (including phenoxy) is 1. The van der Waals surface area contributed by atoms with E-state index in [-0.39, 0.29) is 5.78 Å². The van der Waals surface area contributed by atoms with Crippen molar-refractivity contribution in [2.75, 3.05) is 7.11 Å². The van der Waals surface area contributed by atoms with Gasteiger partial charge in [-0.2, -0.15) is 0 Å². The molecular weight excluding hydrogens is 164 g/mol. The number of allylic oxidation sites excluding steroid dienone is 1. The van der Waals surface area contributed by atoms with E-state index >= 15 is 0 Å². The summed E-state index contributed by atoms with van der Waals surface area (Å²) < 4.78 is 4.84. The summed E-state index contributed by atoms with van der Waals surface area (Å²) in [4.78, 5) is 11.2. The van der Waals surface area contributed by atoms with E-state index in [2.05, 4.69) is 0 Å². The summed E-state index contributed by atoms with van der Waals surface area (Å²) in [6.07, 6.45) is 1.47. The molecule has 0 unspecified atom stereocenters. The van der Waals surface area contributed by atoms with Crippen LogP contribution in [0.2, 0.25) is 0 Å². The highest BCUT2D eigenvalue weighted by Crippen LogP contribution is 2.14. The Balaban J connectivity index is 3.03. The summed E-state index contributed by atoms with van der Waals surface area (Å²) in [5.41, 5.74) is 1.49. The fourth-order valence-electron chi connectivity index (χ4n) is 1.09. The van der Waals surface area contributed by atoms with E-state index in [0.717, 1.165) is 5.56 Å². The van der Waals surface area contributed by atoms with E-state index in [1.807, 2.05) is 30.3 Å². The van der Waals surface area contributed by atoms with Gasteiger partial charge in [-0.15, -0.1) is 0 Å². The molecule has 0 atom stereocenters. The van der Waals surface area contributed by atoms with Gasteiger partial charge in [-0.25, -0.2) is 0 Å². The van der Waals surface area contributed by atoms with Crippen molar-refractivity contribution >= 4 is 11.4 Å². The number of carbonyl (C=O) groups excluding carboxylic acids is 1. The van der Waals surface area contributed by atoms with Gasteiger partial charge in [0.05, 0.1) is 18.9 Å². The van der Waals surface area contributed by atoms with Crippen LogP contribution in [0.5, 0.6) is 0 Å². The van der Waals surface area contributed by atoms with Crippen molar-refractivity contribution in [3.63, 3.8) is 0 Å². The van der Waals surface area contributed by atoms with Gasteiger partial charge in [-0.05, 0) is 12.5 Å². The Labute approximate surface area is 77.8 Å². The van der Waals surface area contributed by atoms with Crippen LogP contribution in [0.1, 0.15) is 12.5 Å². The summed E-state index contributed by atoms with van der Waals surface area (Å²) >= 11 is 0. The third-order valence-corrected chi connectivity index (χ3v) is 1.70. The SMILES string of the molecule is CO/C=C(\C(C)=O)c1ccccc1. The number of methoxy groups -OCH3 is 1. The first-order valence-electron chi connectivity index (χ1n) is 4.05. The van der Waals surface area contributed by atoms with Crippen LogP contribution in [0, 0.1) is 0 Å². The molecule has 1 aromatic rings. The van der Waals surface area contributed by atoms with Crippen LogP contribution < -0.4 is 0 Å². The molecule has 68 valence electrons. The Morgan fingerprint density at radius 3 is 2.38 bits per heavy atom. The molecule has 0 amide bonds. The Kier molecular flexibility index (Phi) is 3.26. The predicted octanol–water partition coefficient (Wildman–Crippen LogP) is 2.26. The molecule has 0 fully saturated rings. The maximum absolute atomic E-state index is 11.2. The minimum absolute atomic E-state index is 0.00745. The highest BCUT2D eigenvalue weighted by Gasteiger charge is 2.05. The monoisotopic (exact) mass is 176 g/mol. The first-order valence-corrected chi connectivity index (χ1v) is 4.05. The van der Waals surface area contributed by atoms with Gasteiger partial charge >= 0.3 is 0 Å². The van der Waals surface area contributed by atoms with Crippen molar-refractivity contribution < 1.29 is 9.53 Å². The van der Waals surface area contributed by atoms with E-state index in [4.69, 9.17) is 4.74 Å². The van der Waals surface area contributed by atoms with E-state index < -0.39 is 0 Å². The van der Waals surface area contributed by atoms with Crippen molar-refractivity contribution in [1.82, 2.24) is 0 Å². The summed E-state index contributed by atoms with van der Waals surface area (Å²) in [7, 11) is 1.53. The molecule has 2 heteroatoms. The van der Waals surface area contributed by atoms with Crippen LogP contribution in [0.15, 0.2) is 36.6 Å². The predicted molar refractivity (Wildman–Crippen MR) is 52.1 cm³/mol. The average Bonchev–Trinajstić information content (AvgIpc) is 2.15. The van der Waals surface area contributed by atoms with Gasteiger partial charge in [0.15, 0.2) is 5.78 Å². The molecule has 0 spiro atoms. The van der Waals surface area contributed by atoms with Crippen molar-refractivity contribution in [3.8, 4) is 0 Å². The number of carbonyl (C=O) groups is 1. The van der Waals surface area contributed by atoms with Gasteiger partial charge in [0.1, 0.15) is 0 Å². The zero-order chi connectivity index (χ0) is 9.68. The second-order valence-corrected chi connectivity index (χ2v) is 2.69. The smallest absolute Gasteiger partial charge is 0.163 e. The Morgan fingerprint density at radius 1 is 1.31 bits per heavy atom. The second kappa shape index (κ2) is 4.45. The molecule has 0 radical (unpaired) electrons. The molecule has 0 saturated heterocycles. The molecule has 0 N–H and O–H groups in total. The molecule has 0 heterocycles. The lowest BCUT2D eigenvalue weighted by molar-refractivity contribution is -0.111. The van der Waals surface area contributed by atoms with Crippen molar-refractivity contribution in [3.05, 3.63) is 42.2 Å². The average molecular weight is 176 g/mol. The van der Waals surface area contributed by atoms with Crippen molar-refractivity contribution in [2.24, 2.45) is 0 Å². The van der Waals surface area contributed by atoms with Crippen molar-refractivity contribution in [1.29, 1.82) is 0 Å². The largest absolute Gasteiger partial charge is 0.504 e. The fraction of sp³-hybridized carbons (Fsp3) is 0.182. The minimum Gasteiger partial charge on any atom is -0.504 e. The molecule has 0 aliphatic rings. The molecule has 0 saturated carbocycles. The summed E-state index contributed by atoms with van der Waals surface area (Å²) in [5.74, 6) is 0.00745. The maximum Gasteiger partial charge on any atom is 0.163 e. The highest BCUT2D eigenvalue weighted by molar-refractivity contribution is 6.19. The lowest BCUT2D eigenvalue weighted by Gasteiger charge is -2.02. The van der Waals surface area contributed by atoms with E-state index in [1.165, 1.54) is 20.3 Å². The molecule has 1 aromatic carbocycles. The summed E-state index contributed by atoms with van der Waals surface area (Å²) in [6, 6.07) is 9.45. The van der Waals surface area contributed by atoms with Gasteiger partial charge in [0.2, 0.25) is 0 Å². The lowest BCUT2D eigenvalue weighted by Crippen LogP contribution is -1.96. The Hall–Kier alpha value is -1.57. The molecule has 0 aliphatic heterocycles. The first-order chi connectivity index (χ1) is 6.25. The van der Waals surface area contributed by atoms with Gasteiger partial charge in [0, 0.05) is 0 Å². The molecule has 1 rings (SSSR count). The molecule has 0 aliphatic carbocycles. The zero-order valence-electron chi connectivity index (χ0n) is 7.78. The molecule has 13 heavy (non-hydrogen) atoms. The zero-order valence-corrected chi connectivity index (χ0v) is 7.78. The summed E-state index contributed by atoms with van der Waals surface area (Å²) in [6.45, 7) is 1.53. The highest BCUT2D eigenvalue weighted by atomic mass is 16.5. The van der Waals surface area contributed by atoms with Gasteiger partial charge < -0.3 is 4.74 Å². The number of benzene rings is 1. The second-order valence-electron chi connectivity index (χ2n) is 2.69. The molecule has 2 nitrogen and oxygen atoms in total. The topological polar surface area (TPSA) is 26.3 Å². The molecule has 0 bridgehead atoms. The first kappa shape index (κ1) is 9.52. The molecule has 0 aromatic heterocycles. The fourth-order valence-corrected chi connectivity index (χ4v) is 1.09. The Morgan fingerprint density at radius 2 is 1.92 bits per heavy atom. The van der Waals surface area contributed by atoms with Crippen LogP contribution in [0.25, 0.3) is 5.57 Å². The van der Waals surface area contributed by atoms with Gasteiger partial charge in [0.25, 0.3) is 0 Å². The van der Waals surface area contributed by atoms with Crippen LogP contribution >= 0.6 is 0 Å². The van der Waals surface area contributed by atoms with E-state index in [0.29, 0.717) is 5.57 Å².